The molecule has 0 aromatic heterocycles. The van der Waals surface area contributed by atoms with Gasteiger partial charge in [0, 0.05) is 11.8 Å². The van der Waals surface area contributed by atoms with Crippen LogP contribution in [0.1, 0.15) is 11.6 Å². The molecule has 1 unspecified atom stereocenters. The molecule has 0 saturated heterocycles. The van der Waals surface area contributed by atoms with Crippen molar-refractivity contribution in [2.24, 2.45) is 0 Å². The lowest BCUT2D eigenvalue weighted by Gasteiger charge is -2.15. The maximum atomic E-state index is 3.36. The fourth-order valence-corrected chi connectivity index (χ4v) is 2.63. The quantitative estimate of drug-likeness (QED) is 0.865. The van der Waals surface area contributed by atoms with E-state index in [4.69, 9.17) is 0 Å². The SMILES string of the molecule is CNC(CSC)c1ccc2ccccc2c1. The topological polar surface area (TPSA) is 12.0 Å². The third-order valence-corrected chi connectivity index (χ3v) is 3.52. The fourth-order valence-electron chi connectivity index (χ4n) is 1.94. The summed E-state index contributed by atoms with van der Waals surface area (Å²) in [6.07, 6.45) is 2.14. The van der Waals surface area contributed by atoms with Crippen LogP contribution < -0.4 is 5.32 Å². The van der Waals surface area contributed by atoms with Gasteiger partial charge in [-0.25, -0.2) is 0 Å². The zero-order chi connectivity index (χ0) is 11.4. The van der Waals surface area contributed by atoms with Crippen molar-refractivity contribution in [2.75, 3.05) is 19.1 Å². The van der Waals surface area contributed by atoms with E-state index in [1.807, 2.05) is 18.8 Å². The molecule has 2 aromatic rings. The predicted molar refractivity (Wildman–Crippen MR) is 74.1 cm³/mol. The number of fused-ring (bicyclic) bond motifs is 1. The average molecular weight is 231 g/mol. The molecule has 0 aliphatic heterocycles. The minimum absolute atomic E-state index is 0.444. The summed E-state index contributed by atoms with van der Waals surface area (Å²) in [5.74, 6) is 1.11. The van der Waals surface area contributed by atoms with E-state index >= 15 is 0 Å². The Morgan fingerprint density at radius 3 is 2.56 bits per heavy atom. The minimum Gasteiger partial charge on any atom is -0.312 e. The van der Waals surface area contributed by atoms with Crippen LogP contribution in [0, 0.1) is 0 Å². The first-order valence-corrected chi connectivity index (χ1v) is 6.89. The van der Waals surface area contributed by atoms with Gasteiger partial charge in [-0.2, -0.15) is 11.8 Å². The van der Waals surface area contributed by atoms with Crippen molar-refractivity contribution in [2.45, 2.75) is 6.04 Å². The van der Waals surface area contributed by atoms with Crippen LogP contribution in [-0.4, -0.2) is 19.1 Å². The summed E-state index contributed by atoms with van der Waals surface area (Å²) < 4.78 is 0. The highest BCUT2D eigenvalue weighted by Gasteiger charge is 2.08. The lowest BCUT2D eigenvalue weighted by atomic mass is 10.0. The molecule has 1 nitrogen and oxygen atoms in total. The summed E-state index contributed by atoms with van der Waals surface area (Å²) in [4.78, 5) is 0. The highest BCUT2D eigenvalue weighted by Crippen LogP contribution is 2.22. The van der Waals surface area contributed by atoms with Gasteiger partial charge in [0.1, 0.15) is 0 Å². The third kappa shape index (κ3) is 2.39. The molecule has 0 fully saturated rings. The molecule has 0 spiro atoms. The Morgan fingerprint density at radius 2 is 1.88 bits per heavy atom. The Kier molecular flexibility index (Phi) is 3.86. The molecular formula is C14H17NS. The normalized spacial score (nSPS) is 12.9. The van der Waals surface area contributed by atoms with Crippen molar-refractivity contribution in [3.8, 4) is 0 Å². The van der Waals surface area contributed by atoms with Crippen LogP contribution in [0.25, 0.3) is 10.8 Å². The molecular weight excluding hydrogens is 214 g/mol. The van der Waals surface area contributed by atoms with Gasteiger partial charge in [0.05, 0.1) is 0 Å². The van der Waals surface area contributed by atoms with Gasteiger partial charge in [0.25, 0.3) is 0 Å². The number of benzene rings is 2. The van der Waals surface area contributed by atoms with Crippen LogP contribution in [0.15, 0.2) is 42.5 Å². The van der Waals surface area contributed by atoms with Crippen molar-refractivity contribution in [3.05, 3.63) is 48.0 Å². The van der Waals surface area contributed by atoms with E-state index in [9.17, 15) is 0 Å². The van der Waals surface area contributed by atoms with Gasteiger partial charge in [0.2, 0.25) is 0 Å². The van der Waals surface area contributed by atoms with E-state index in [0.717, 1.165) is 5.75 Å². The molecule has 0 saturated carbocycles. The maximum absolute atomic E-state index is 3.36. The molecule has 0 amide bonds. The number of hydrogen-bond donors (Lipinski definition) is 1. The van der Waals surface area contributed by atoms with Crippen molar-refractivity contribution < 1.29 is 0 Å². The van der Waals surface area contributed by atoms with Crippen LogP contribution in [0.3, 0.4) is 0 Å². The first kappa shape index (κ1) is 11.5. The van der Waals surface area contributed by atoms with Crippen LogP contribution in [0.2, 0.25) is 0 Å². The molecule has 0 aliphatic rings. The second-order valence-corrected chi connectivity index (χ2v) is 4.81. The Balaban J connectivity index is 2.37. The average Bonchev–Trinajstić information content (AvgIpc) is 2.35. The van der Waals surface area contributed by atoms with Crippen LogP contribution in [0.5, 0.6) is 0 Å². The molecule has 1 N–H and O–H groups in total. The van der Waals surface area contributed by atoms with Crippen LogP contribution in [-0.2, 0) is 0 Å². The van der Waals surface area contributed by atoms with E-state index in [-0.39, 0.29) is 0 Å². The first-order valence-electron chi connectivity index (χ1n) is 5.50. The molecule has 0 bridgehead atoms. The van der Waals surface area contributed by atoms with E-state index in [1.165, 1.54) is 16.3 Å². The molecule has 0 aliphatic carbocycles. The van der Waals surface area contributed by atoms with Crippen LogP contribution >= 0.6 is 11.8 Å². The van der Waals surface area contributed by atoms with Crippen LogP contribution in [0.4, 0.5) is 0 Å². The maximum Gasteiger partial charge on any atom is 0.0409 e. The minimum atomic E-state index is 0.444. The van der Waals surface area contributed by atoms with Gasteiger partial charge < -0.3 is 5.32 Å². The Hall–Kier alpha value is -0.990. The Bertz CT molecular complexity index is 467. The van der Waals surface area contributed by atoms with Gasteiger partial charge in [0.15, 0.2) is 0 Å². The number of hydrogen-bond acceptors (Lipinski definition) is 2. The zero-order valence-electron chi connectivity index (χ0n) is 9.73. The first-order chi connectivity index (χ1) is 7.85. The summed E-state index contributed by atoms with van der Waals surface area (Å²) in [5, 5.41) is 5.99. The second-order valence-electron chi connectivity index (χ2n) is 3.90. The third-order valence-electron chi connectivity index (χ3n) is 2.86. The van der Waals surface area contributed by atoms with E-state index < -0.39 is 0 Å². The molecule has 0 heterocycles. The Morgan fingerprint density at radius 1 is 1.12 bits per heavy atom. The summed E-state index contributed by atoms with van der Waals surface area (Å²) in [5.41, 5.74) is 1.37. The fraction of sp³-hybridized carbons (Fsp3) is 0.286. The summed E-state index contributed by atoms with van der Waals surface area (Å²) in [6, 6.07) is 15.7. The molecule has 2 heteroatoms. The monoisotopic (exact) mass is 231 g/mol. The number of thioether (sulfide) groups is 1. The van der Waals surface area contributed by atoms with Crippen molar-refractivity contribution in [1.29, 1.82) is 0 Å². The van der Waals surface area contributed by atoms with E-state index in [0.29, 0.717) is 6.04 Å². The number of rotatable bonds is 4. The Labute approximate surface area is 101 Å². The molecule has 2 aromatic carbocycles. The zero-order valence-corrected chi connectivity index (χ0v) is 10.6. The highest BCUT2D eigenvalue weighted by atomic mass is 32.2. The summed E-state index contributed by atoms with van der Waals surface area (Å²) >= 11 is 1.87. The van der Waals surface area contributed by atoms with Gasteiger partial charge >= 0.3 is 0 Å². The van der Waals surface area contributed by atoms with Crippen molar-refractivity contribution in [3.63, 3.8) is 0 Å². The van der Waals surface area contributed by atoms with Gasteiger partial charge in [-0.1, -0.05) is 36.4 Å². The smallest absolute Gasteiger partial charge is 0.0409 e. The highest BCUT2D eigenvalue weighted by molar-refractivity contribution is 7.98. The summed E-state index contributed by atoms with van der Waals surface area (Å²) in [6.45, 7) is 0. The molecule has 84 valence electrons. The van der Waals surface area contributed by atoms with Crippen molar-refractivity contribution in [1.82, 2.24) is 5.32 Å². The standard InChI is InChI=1S/C14H17NS/c1-15-14(10-16-2)13-8-7-11-5-3-4-6-12(11)9-13/h3-9,14-15H,10H2,1-2H3. The largest absolute Gasteiger partial charge is 0.312 e. The number of nitrogens with one attached hydrogen (secondary N) is 1. The molecule has 2 rings (SSSR count). The van der Waals surface area contributed by atoms with Gasteiger partial charge in [-0.3, -0.25) is 0 Å². The molecule has 1 atom stereocenters. The van der Waals surface area contributed by atoms with E-state index in [2.05, 4.69) is 54.0 Å². The predicted octanol–water partition coefficient (Wildman–Crippen LogP) is 3.46. The van der Waals surface area contributed by atoms with Crippen molar-refractivity contribution >= 4 is 22.5 Å². The van der Waals surface area contributed by atoms with Gasteiger partial charge in [-0.05, 0) is 35.7 Å². The molecule has 0 radical (unpaired) electrons. The molecule has 16 heavy (non-hydrogen) atoms. The van der Waals surface area contributed by atoms with E-state index in [1.54, 1.807) is 0 Å². The second kappa shape index (κ2) is 5.37. The van der Waals surface area contributed by atoms with Gasteiger partial charge in [-0.15, -0.1) is 0 Å². The lowest BCUT2D eigenvalue weighted by Crippen LogP contribution is -2.18. The lowest BCUT2D eigenvalue weighted by molar-refractivity contribution is 0.663. The summed E-state index contributed by atoms with van der Waals surface area (Å²) in [7, 11) is 2.02.